The third-order valence-corrected chi connectivity index (χ3v) is 3.06. The van der Waals surface area contributed by atoms with Gasteiger partial charge in [-0.2, -0.15) is 0 Å². The third-order valence-electron chi connectivity index (χ3n) is 3.06. The van der Waals surface area contributed by atoms with E-state index in [1.807, 2.05) is 25.3 Å². The minimum Gasteiger partial charge on any atom is -0.383 e. The average Bonchev–Trinajstić information content (AvgIpc) is 2.67. The van der Waals surface area contributed by atoms with Gasteiger partial charge in [-0.25, -0.2) is 4.98 Å². The van der Waals surface area contributed by atoms with Crippen molar-refractivity contribution < 1.29 is 0 Å². The van der Waals surface area contributed by atoms with Crippen LogP contribution in [-0.4, -0.2) is 14.5 Å². The summed E-state index contributed by atoms with van der Waals surface area (Å²) in [5, 5.41) is 0. The summed E-state index contributed by atoms with van der Waals surface area (Å²) in [5.74, 6) is 1.81. The number of rotatable bonds is 4. The average molecular weight is 244 g/mol. The maximum Gasteiger partial charge on any atom is 0.131 e. The zero-order chi connectivity index (χ0) is 13.1. The number of nitrogens with two attached hydrogens (primary N) is 1. The van der Waals surface area contributed by atoms with Crippen LogP contribution in [0.25, 0.3) is 11.3 Å². The molecule has 0 saturated heterocycles. The monoisotopic (exact) mass is 244 g/mol. The smallest absolute Gasteiger partial charge is 0.131 e. The zero-order valence-corrected chi connectivity index (χ0v) is 11.3. The van der Waals surface area contributed by atoms with Gasteiger partial charge in [0, 0.05) is 30.4 Å². The van der Waals surface area contributed by atoms with E-state index in [0.29, 0.717) is 0 Å². The van der Waals surface area contributed by atoms with Gasteiger partial charge < -0.3 is 10.3 Å². The van der Waals surface area contributed by atoms with Gasteiger partial charge in [-0.3, -0.25) is 4.98 Å². The Morgan fingerprint density at radius 1 is 1.28 bits per heavy atom. The lowest BCUT2D eigenvalue weighted by Crippen LogP contribution is -2.05. The SMILES string of the molecule is CCCc1nc(-c2ccc(C)nc2)c(N)n1CC. The Labute approximate surface area is 108 Å². The number of hydrogen-bond acceptors (Lipinski definition) is 3. The van der Waals surface area contributed by atoms with Gasteiger partial charge in [-0.15, -0.1) is 0 Å². The number of aromatic nitrogens is 3. The Morgan fingerprint density at radius 2 is 2.06 bits per heavy atom. The lowest BCUT2D eigenvalue weighted by atomic mass is 10.2. The summed E-state index contributed by atoms with van der Waals surface area (Å²) in [7, 11) is 0. The van der Waals surface area contributed by atoms with E-state index in [0.717, 1.165) is 48.0 Å². The van der Waals surface area contributed by atoms with E-state index in [2.05, 4.69) is 28.4 Å². The van der Waals surface area contributed by atoms with E-state index in [4.69, 9.17) is 5.73 Å². The number of aryl methyl sites for hydroxylation is 2. The van der Waals surface area contributed by atoms with E-state index in [-0.39, 0.29) is 0 Å². The second-order valence-corrected chi connectivity index (χ2v) is 4.44. The molecule has 0 aliphatic carbocycles. The molecule has 0 fully saturated rings. The molecule has 0 bridgehead atoms. The standard InChI is InChI=1S/C14H20N4/c1-4-6-12-17-13(14(15)18(12)5-2)11-8-7-10(3)16-9-11/h7-9H,4-6,15H2,1-3H3. The van der Waals surface area contributed by atoms with E-state index < -0.39 is 0 Å². The number of imidazole rings is 1. The lowest BCUT2D eigenvalue weighted by molar-refractivity contribution is 0.690. The first-order valence-electron chi connectivity index (χ1n) is 6.45. The molecular formula is C14H20N4. The summed E-state index contributed by atoms with van der Waals surface area (Å²) in [6, 6.07) is 4.01. The number of hydrogen-bond donors (Lipinski definition) is 1. The Bertz CT molecular complexity index is 525. The van der Waals surface area contributed by atoms with Crippen molar-refractivity contribution in [3.63, 3.8) is 0 Å². The molecule has 2 heterocycles. The Balaban J connectivity index is 2.47. The molecule has 0 atom stereocenters. The molecule has 18 heavy (non-hydrogen) atoms. The molecule has 2 aromatic rings. The van der Waals surface area contributed by atoms with Crippen LogP contribution in [0.3, 0.4) is 0 Å². The molecule has 4 nitrogen and oxygen atoms in total. The number of nitrogens with zero attached hydrogens (tertiary/aromatic N) is 3. The molecule has 0 spiro atoms. The summed E-state index contributed by atoms with van der Waals surface area (Å²) in [6.45, 7) is 7.07. The van der Waals surface area contributed by atoms with Crippen LogP contribution in [0.15, 0.2) is 18.3 Å². The maximum absolute atomic E-state index is 6.19. The molecule has 0 radical (unpaired) electrons. The van der Waals surface area contributed by atoms with Crippen LogP contribution in [0, 0.1) is 6.92 Å². The van der Waals surface area contributed by atoms with Crippen LogP contribution in [0.5, 0.6) is 0 Å². The maximum atomic E-state index is 6.19. The summed E-state index contributed by atoms with van der Waals surface area (Å²) in [5.41, 5.74) is 9.03. The van der Waals surface area contributed by atoms with E-state index in [1.165, 1.54) is 0 Å². The highest BCUT2D eigenvalue weighted by Crippen LogP contribution is 2.26. The van der Waals surface area contributed by atoms with Crippen LogP contribution >= 0.6 is 0 Å². The van der Waals surface area contributed by atoms with Gasteiger partial charge in [-0.05, 0) is 32.4 Å². The first kappa shape index (κ1) is 12.6. The molecule has 2 aromatic heterocycles. The number of anilines is 1. The van der Waals surface area contributed by atoms with Crippen molar-refractivity contribution in [2.75, 3.05) is 5.73 Å². The number of pyridine rings is 1. The molecular weight excluding hydrogens is 224 g/mol. The fourth-order valence-electron chi connectivity index (χ4n) is 2.10. The van der Waals surface area contributed by atoms with Crippen molar-refractivity contribution >= 4 is 5.82 Å². The van der Waals surface area contributed by atoms with Crippen LogP contribution in [0.2, 0.25) is 0 Å². The minimum absolute atomic E-state index is 0.742. The van der Waals surface area contributed by atoms with Crippen molar-refractivity contribution in [3.8, 4) is 11.3 Å². The fraction of sp³-hybridized carbons (Fsp3) is 0.429. The summed E-state index contributed by atoms with van der Waals surface area (Å²) in [6.07, 6.45) is 3.86. The molecule has 0 unspecified atom stereocenters. The predicted octanol–water partition coefficient (Wildman–Crippen LogP) is 2.81. The van der Waals surface area contributed by atoms with Crippen molar-refractivity contribution in [1.82, 2.24) is 14.5 Å². The number of nitrogen functional groups attached to an aromatic ring is 1. The zero-order valence-electron chi connectivity index (χ0n) is 11.3. The summed E-state index contributed by atoms with van der Waals surface area (Å²) in [4.78, 5) is 8.97. The molecule has 0 aromatic carbocycles. The lowest BCUT2D eigenvalue weighted by Gasteiger charge is -2.05. The van der Waals surface area contributed by atoms with Crippen LogP contribution in [-0.2, 0) is 13.0 Å². The summed E-state index contributed by atoms with van der Waals surface area (Å²) >= 11 is 0. The molecule has 0 saturated carbocycles. The highest BCUT2D eigenvalue weighted by molar-refractivity contribution is 5.70. The van der Waals surface area contributed by atoms with Crippen molar-refractivity contribution in [2.45, 2.75) is 40.2 Å². The quantitative estimate of drug-likeness (QED) is 0.899. The molecule has 2 rings (SSSR count). The van der Waals surface area contributed by atoms with Crippen LogP contribution in [0.4, 0.5) is 5.82 Å². The van der Waals surface area contributed by atoms with Gasteiger partial charge in [0.2, 0.25) is 0 Å². The van der Waals surface area contributed by atoms with Gasteiger partial charge in [0.1, 0.15) is 17.3 Å². The van der Waals surface area contributed by atoms with E-state index in [9.17, 15) is 0 Å². The largest absolute Gasteiger partial charge is 0.383 e. The first-order valence-corrected chi connectivity index (χ1v) is 6.45. The third kappa shape index (κ3) is 2.23. The fourth-order valence-corrected chi connectivity index (χ4v) is 2.10. The van der Waals surface area contributed by atoms with Crippen molar-refractivity contribution in [3.05, 3.63) is 29.8 Å². The Hall–Kier alpha value is -1.84. The molecule has 2 N–H and O–H groups in total. The molecule has 96 valence electrons. The molecule has 4 heteroatoms. The molecule has 0 aliphatic rings. The highest BCUT2D eigenvalue weighted by Gasteiger charge is 2.14. The second kappa shape index (κ2) is 5.21. The Kier molecular flexibility index (Phi) is 3.65. The van der Waals surface area contributed by atoms with Crippen molar-refractivity contribution in [2.24, 2.45) is 0 Å². The van der Waals surface area contributed by atoms with Gasteiger partial charge in [-0.1, -0.05) is 6.92 Å². The van der Waals surface area contributed by atoms with Gasteiger partial charge in [0.15, 0.2) is 0 Å². The second-order valence-electron chi connectivity index (χ2n) is 4.44. The molecule has 0 amide bonds. The van der Waals surface area contributed by atoms with Gasteiger partial charge in [0.25, 0.3) is 0 Å². The van der Waals surface area contributed by atoms with E-state index in [1.54, 1.807) is 0 Å². The highest BCUT2D eigenvalue weighted by atomic mass is 15.1. The topological polar surface area (TPSA) is 56.7 Å². The van der Waals surface area contributed by atoms with E-state index >= 15 is 0 Å². The minimum atomic E-state index is 0.742. The first-order chi connectivity index (χ1) is 8.67. The van der Waals surface area contributed by atoms with Crippen LogP contribution in [0.1, 0.15) is 31.8 Å². The normalized spacial score (nSPS) is 10.8. The van der Waals surface area contributed by atoms with Crippen LogP contribution < -0.4 is 5.73 Å². The molecule has 0 aliphatic heterocycles. The predicted molar refractivity (Wildman–Crippen MR) is 74.3 cm³/mol. The summed E-state index contributed by atoms with van der Waals surface area (Å²) < 4.78 is 2.08. The van der Waals surface area contributed by atoms with Gasteiger partial charge in [0.05, 0.1) is 0 Å². The van der Waals surface area contributed by atoms with Gasteiger partial charge >= 0.3 is 0 Å². The Morgan fingerprint density at radius 3 is 2.61 bits per heavy atom. The van der Waals surface area contributed by atoms with Crippen molar-refractivity contribution in [1.29, 1.82) is 0 Å².